The van der Waals surface area contributed by atoms with E-state index >= 15 is 0 Å². The Morgan fingerprint density at radius 1 is 1.71 bits per heavy atom. The fraction of sp³-hybridized carbons (Fsp3) is 0.545. The van der Waals surface area contributed by atoms with Gasteiger partial charge in [0.15, 0.2) is 0 Å². The standard InChI is InChI=1S/C11H17N3/c1-4-5-6-7-11(12-2)10-8-13-14(3)9-10/h1,8-9,11-12H,5-7H2,2-3H3. The molecule has 1 unspecified atom stereocenters. The molecule has 0 saturated carbocycles. The van der Waals surface area contributed by atoms with Crippen LogP contribution in [0.25, 0.3) is 0 Å². The molecule has 1 rings (SSSR count). The average molecular weight is 191 g/mol. The number of nitrogens with one attached hydrogen (secondary N) is 1. The van der Waals surface area contributed by atoms with Crippen molar-refractivity contribution in [2.24, 2.45) is 7.05 Å². The first kappa shape index (κ1) is 10.8. The lowest BCUT2D eigenvalue weighted by molar-refractivity contribution is 0.531. The topological polar surface area (TPSA) is 29.9 Å². The second-order valence-electron chi connectivity index (χ2n) is 3.38. The van der Waals surface area contributed by atoms with Crippen LogP contribution in [-0.2, 0) is 7.05 Å². The molecule has 0 fully saturated rings. The van der Waals surface area contributed by atoms with Crippen LogP contribution < -0.4 is 5.32 Å². The van der Waals surface area contributed by atoms with Crippen LogP contribution in [-0.4, -0.2) is 16.8 Å². The van der Waals surface area contributed by atoms with Gasteiger partial charge in [0.25, 0.3) is 0 Å². The maximum absolute atomic E-state index is 5.21. The summed E-state index contributed by atoms with van der Waals surface area (Å²) in [6.07, 6.45) is 12.1. The largest absolute Gasteiger partial charge is 0.313 e. The first-order chi connectivity index (χ1) is 6.77. The van der Waals surface area contributed by atoms with Crippen LogP contribution in [0.1, 0.15) is 30.9 Å². The van der Waals surface area contributed by atoms with E-state index in [-0.39, 0.29) is 0 Å². The van der Waals surface area contributed by atoms with E-state index in [0.29, 0.717) is 6.04 Å². The molecule has 0 saturated heterocycles. The fourth-order valence-electron chi connectivity index (χ4n) is 1.51. The highest BCUT2D eigenvalue weighted by Gasteiger charge is 2.09. The van der Waals surface area contributed by atoms with Gasteiger partial charge in [-0.3, -0.25) is 4.68 Å². The van der Waals surface area contributed by atoms with Gasteiger partial charge in [-0.2, -0.15) is 5.10 Å². The number of rotatable bonds is 5. The maximum Gasteiger partial charge on any atom is 0.0537 e. The van der Waals surface area contributed by atoms with Gasteiger partial charge in [-0.15, -0.1) is 12.3 Å². The number of aryl methyl sites for hydroxylation is 1. The van der Waals surface area contributed by atoms with Gasteiger partial charge in [0, 0.05) is 31.3 Å². The lowest BCUT2D eigenvalue weighted by Crippen LogP contribution is -2.15. The van der Waals surface area contributed by atoms with Gasteiger partial charge in [0.05, 0.1) is 6.20 Å². The van der Waals surface area contributed by atoms with Crippen LogP contribution >= 0.6 is 0 Å². The van der Waals surface area contributed by atoms with E-state index in [2.05, 4.69) is 16.3 Å². The van der Waals surface area contributed by atoms with Crippen molar-refractivity contribution in [3.63, 3.8) is 0 Å². The SMILES string of the molecule is C#CCCCC(NC)c1cnn(C)c1. The van der Waals surface area contributed by atoms with Crippen molar-refractivity contribution in [3.05, 3.63) is 18.0 Å². The Hall–Kier alpha value is -1.27. The second kappa shape index (κ2) is 5.46. The summed E-state index contributed by atoms with van der Waals surface area (Å²) in [6, 6.07) is 0.372. The molecule has 0 bridgehead atoms. The van der Waals surface area contributed by atoms with Crippen LogP contribution in [0.15, 0.2) is 12.4 Å². The van der Waals surface area contributed by atoms with E-state index in [1.54, 1.807) is 0 Å². The normalized spacial score (nSPS) is 12.4. The predicted octanol–water partition coefficient (Wildman–Crippen LogP) is 1.48. The summed E-state index contributed by atoms with van der Waals surface area (Å²) in [5, 5.41) is 7.42. The lowest BCUT2D eigenvalue weighted by atomic mass is 10.0. The molecule has 3 nitrogen and oxygen atoms in total. The Kier molecular flexibility index (Phi) is 4.21. The van der Waals surface area contributed by atoms with E-state index in [1.807, 2.05) is 31.2 Å². The maximum atomic E-state index is 5.21. The highest BCUT2D eigenvalue weighted by atomic mass is 15.2. The van der Waals surface area contributed by atoms with E-state index < -0.39 is 0 Å². The summed E-state index contributed by atoms with van der Waals surface area (Å²) < 4.78 is 1.82. The number of aromatic nitrogens is 2. The van der Waals surface area contributed by atoms with Crippen LogP contribution in [0.3, 0.4) is 0 Å². The third kappa shape index (κ3) is 2.90. The van der Waals surface area contributed by atoms with E-state index in [9.17, 15) is 0 Å². The van der Waals surface area contributed by atoms with Crippen molar-refractivity contribution in [3.8, 4) is 12.3 Å². The highest BCUT2D eigenvalue weighted by Crippen LogP contribution is 2.17. The van der Waals surface area contributed by atoms with Gasteiger partial charge < -0.3 is 5.32 Å². The average Bonchev–Trinajstić information content (AvgIpc) is 2.60. The van der Waals surface area contributed by atoms with Crippen molar-refractivity contribution in [1.29, 1.82) is 0 Å². The number of terminal acetylenes is 1. The summed E-state index contributed by atoms with van der Waals surface area (Å²) in [5.74, 6) is 2.66. The van der Waals surface area contributed by atoms with Crippen molar-refractivity contribution in [2.75, 3.05) is 7.05 Å². The van der Waals surface area contributed by atoms with Gasteiger partial charge in [-0.25, -0.2) is 0 Å². The molecule has 1 atom stereocenters. The molecule has 0 aliphatic rings. The number of nitrogens with zero attached hydrogens (tertiary/aromatic N) is 2. The lowest BCUT2D eigenvalue weighted by Gasteiger charge is -2.12. The Morgan fingerprint density at radius 3 is 3.00 bits per heavy atom. The molecule has 3 heteroatoms. The number of hydrogen-bond donors (Lipinski definition) is 1. The quantitative estimate of drug-likeness (QED) is 0.564. The second-order valence-corrected chi connectivity index (χ2v) is 3.38. The highest BCUT2D eigenvalue weighted by molar-refractivity contribution is 5.09. The number of hydrogen-bond acceptors (Lipinski definition) is 2. The van der Waals surface area contributed by atoms with Crippen LogP contribution in [0, 0.1) is 12.3 Å². The molecule has 0 aliphatic carbocycles. The fourth-order valence-corrected chi connectivity index (χ4v) is 1.51. The zero-order valence-corrected chi connectivity index (χ0v) is 8.83. The molecular weight excluding hydrogens is 174 g/mol. The summed E-state index contributed by atoms with van der Waals surface area (Å²) in [6.45, 7) is 0. The van der Waals surface area contributed by atoms with Gasteiger partial charge in [-0.1, -0.05) is 0 Å². The van der Waals surface area contributed by atoms with Crippen LogP contribution in [0.5, 0.6) is 0 Å². The van der Waals surface area contributed by atoms with Crippen LogP contribution in [0.2, 0.25) is 0 Å². The molecule has 1 aromatic heterocycles. The molecule has 0 aromatic carbocycles. The van der Waals surface area contributed by atoms with E-state index in [1.165, 1.54) is 5.56 Å². The Bertz CT molecular complexity index is 309. The van der Waals surface area contributed by atoms with Gasteiger partial charge in [0.2, 0.25) is 0 Å². The first-order valence-electron chi connectivity index (χ1n) is 4.87. The minimum atomic E-state index is 0.372. The van der Waals surface area contributed by atoms with Gasteiger partial charge in [0.1, 0.15) is 0 Å². The first-order valence-corrected chi connectivity index (χ1v) is 4.87. The zero-order chi connectivity index (χ0) is 10.4. The predicted molar refractivity (Wildman–Crippen MR) is 57.7 cm³/mol. The van der Waals surface area contributed by atoms with E-state index in [0.717, 1.165) is 19.3 Å². The van der Waals surface area contributed by atoms with Gasteiger partial charge in [-0.05, 0) is 19.9 Å². The molecule has 0 spiro atoms. The minimum Gasteiger partial charge on any atom is -0.313 e. The smallest absolute Gasteiger partial charge is 0.0537 e. The molecular formula is C11H17N3. The molecule has 14 heavy (non-hydrogen) atoms. The summed E-state index contributed by atoms with van der Waals surface area (Å²) in [5.41, 5.74) is 1.23. The molecule has 1 N–H and O–H groups in total. The molecule has 0 amide bonds. The van der Waals surface area contributed by atoms with E-state index in [4.69, 9.17) is 6.42 Å². The number of unbranched alkanes of at least 4 members (excludes halogenated alkanes) is 1. The zero-order valence-electron chi connectivity index (χ0n) is 8.83. The summed E-state index contributed by atoms with van der Waals surface area (Å²) in [4.78, 5) is 0. The van der Waals surface area contributed by atoms with Crippen molar-refractivity contribution >= 4 is 0 Å². The third-order valence-electron chi connectivity index (χ3n) is 2.29. The van der Waals surface area contributed by atoms with Crippen molar-refractivity contribution < 1.29 is 0 Å². The van der Waals surface area contributed by atoms with Crippen molar-refractivity contribution in [2.45, 2.75) is 25.3 Å². The summed E-state index contributed by atoms with van der Waals surface area (Å²) >= 11 is 0. The Morgan fingerprint density at radius 2 is 2.50 bits per heavy atom. The molecule has 1 aromatic rings. The Labute approximate surface area is 85.5 Å². The monoisotopic (exact) mass is 191 g/mol. The minimum absolute atomic E-state index is 0.372. The van der Waals surface area contributed by atoms with Crippen molar-refractivity contribution in [1.82, 2.24) is 15.1 Å². The Balaban J connectivity index is 2.50. The molecule has 76 valence electrons. The van der Waals surface area contributed by atoms with Gasteiger partial charge >= 0.3 is 0 Å². The molecule has 0 aliphatic heterocycles. The summed E-state index contributed by atoms with van der Waals surface area (Å²) in [7, 11) is 3.89. The van der Waals surface area contributed by atoms with Crippen LogP contribution in [0.4, 0.5) is 0 Å². The molecule has 1 heterocycles. The third-order valence-corrected chi connectivity index (χ3v) is 2.29. The molecule has 0 radical (unpaired) electrons.